The summed E-state index contributed by atoms with van der Waals surface area (Å²) >= 11 is 6.17. The van der Waals surface area contributed by atoms with Crippen LogP contribution in [0, 0.1) is 5.92 Å². The van der Waals surface area contributed by atoms with Crippen molar-refractivity contribution in [2.24, 2.45) is 11.7 Å². The predicted octanol–water partition coefficient (Wildman–Crippen LogP) is 3.46. The predicted molar refractivity (Wildman–Crippen MR) is 124 cm³/mol. The van der Waals surface area contributed by atoms with Gasteiger partial charge in [-0.1, -0.05) is 23.7 Å². The van der Waals surface area contributed by atoms with E-state index in [2.05, 4.69) is 10.2 Å². The van der Waals surface area contributed by atoms with Crippen LogP contribution in [0.1, 0.15) is 24.0 Å². The third-order valence-electron chi connectivity index (χ3n) is 5.80. The standard InChI is InChI=1S/C24H26ClN3O4/c25-20-13-17(14-21-23(20)32-15-31-21)3-6-22(29)27-19-4-1-16(2-5-19)7-10-28-11-8-18(9-12-28)24(26)30/h1-6,13-14,18H,7-12,15H2,(H2,26,30)(H,27,29)/b6-3+. The highest BCUT2D eigenvalue weighted by Crippen LogP contribution is 2.40. The third-order valence-corrected chi connectivity index (χ3v) is 6.09. The first-order valence-corrected chi connectivity index (χ1v) is 11.0. The molecular weight excluding hydrogens is 430 g/mol. The minimum atomic E-state index is -0.233. The number of hydrogen-bond donors (Lipinski definition) is 2. The number of carbonyl (C=O) groups is 2. The van der Waals surface area contributed by atoms with Crippen molar-refractivity contribution < 1.29 is 19.1 Å². The average Bonchev–Trinajstić information content (AvgIpc) is 3.27. The Morgan fingerprint density at radius 1 is 1.16 bits per heavy atom. The van der Waals surface area contributed by atoms with Crippen molar-refractivity contribution in [3.05, 3.63) is 58.6 Å². The summed E-state index contributed by atoms with van der Waals surface area (Å²) in [4.78, 5) is 25.9. The van der Waals surface area contributed by atoms with E-state index in [1.165, 1.54) is 11.6 Å². The van der Waals surface area contributed by atoms with Crippen LogP contribution < -0.4 is 20.5 Å². The Balaban J connectivity index is 1.25. The summed E-state index contributed by atoms with van der Waals surface area (Å²) in [5.41, 5.74) is 8.08. The summed E-state index contributed by atoms with van der Waals surface area (Å²) in [6.45, 7) is 2.90. The molecule has 0 aliphatic carbocycles. The van der Waals surface area contributed by atoms with Crippen molar-refractivity contribution in [1.82, 2.24) is 4.90 Å². The highest BCUT2D eigenvalue weighted by molar-refractivity contribution is 6.32. The number of amides is 2. The molecule has 7 nitrogen and oxygen atoms in total. The van der Waals surface area contributed by atoms with Crippen molar-refractivity contribution >= 4 is 35.2 Å². The number of nitrogens with two attached hydrogens (primary N) is 1. The molecule has 1 saturated heterocycles. The first kappa shape index (κ1) is 22.2. The zero-order valence-corrected chi connectivity index (χ0v) is 18.4. The molecule has 8 heteroatoms. The molecule has 32 heavy (non-hydrogen) atoms. The van der Waals surface area contributed by atoms with Gasteiger partial charge >= 0.3 is 0 Å². The zero-order valence-electron chi connectivity index (χ0n) is 17.7. The average molecular weight is 456 g/mol. The maximum absolute atomic E-state index is 12.3. The van der Waals surface area contributed by atoms with Crippen molar-refractivity contribution in [3.8, 4) is 11.5 Å². The highest BCUT2D eigenvalue weighted by Gasteiger charge is 2.22. The van der Waals surface area contributed by atoms with Crippen LogP contribution in [0.25, 0.3) is 6.08 Å². The van der Waals surface area contributed by atoms with Gasteiger partial charge in [-0.3, -0.25) is 9.59 Å². The topological polar surface area (TPSA) is 93.9 Å². The van der Waals surface area contributed by atoms with Gasteiger partial charge in [0.05, 0.1) is 5.02 Å². The van der Waals surface area contributed by atoms with Gasteiger partial charge in [0.25, 0.3) is 0 Å². The first-order chi connectivity index (χ1) is 15.5. The molecule has 2 heterocycles. The van der Waals surface area contributed by atoms with Gasteiger partial charge < -0.3 is 25.4 Å². The van der Waals surface area contributed by atoms with Crippen molar-refractivity contribution in [1.29, 1.82) is 0 Å². The molecule has 2 aromatic carbocycles. The number of nitrogens with one attached hydrogen (secondary N) is 1. The van der Waals surface area contributed by atoms with Crippen molar-refractivity contribution in [2.45, 2.75) is 19.3 Å². The van der Waals surface area contributed by atoms with Crippen LogP contribution in [0.4, 0.5) is 5.69 Å². The SMILES string of the molecule is NC(=O)C1CCN(CCc2ccc(NC(=O)/C=C/c3cc(Cl)c4c(c3)OCO4)cc2)CC1. The summed E-state index contributed by atoms with van der Waals surface area (Å²) in [5, 5.41) is 3.31. The Morgan fingerprint density at radius 3 is 2.62 bits per heavy atom. The van der Waals surface area contributed by atoms with Crippen LogP contribution in [0.5, 0.6) is 11.5 Å². The number of fused-ring (bicyclic) bond motifs is 1. The van der Waals surface area contributed by atoms with Gasteiger partial charge in [0.15, 0.2) is 11.5 Å². The second-order valence-electron chi connectivity index (χ2n) is 8.02. The molecule has 2 aromatic rings. The maximum atomic E-state index is 12.3. The van der Waals surface area contributed by atoms with Crippen molar-refractivity contribution in [3.63, 3.8) is 0 Å². The fraction of sp³-hybridized carbons (Fsp3) is 0.333. The molecule has 0 spiro atoms. The molecule has 0 unspecified atom stereocenters. The Morgan fingerprint density at radius 2 is 1.91 bits per heavy atom. The second kappa shape index (κ2) is 10.1. The summed E-state index contributed by atoms with van der Waals surface area (Å²) < 4.78 is 10.6. The van der Waals surface area contributed by atoms with Gasteiger partial charge in [-0.05, 0) is 73.8 Å². The largest absolute Gasteiger partial charge is 0.454 e. The smallest absolute Gasteiger partial charge is 0.248 e. The number of likely N-dealkylation sites (tertiary alicyclic amines) is 1. The molecule has 0 atom stereocenters. The van der Waals surface area contributed by atoms with Gasteiger partial charge in [-0.2, -0.15) is 0 Å². The number of ether oxygens (including phenoxy) is 2. The number of rotatable bonds is 7. The molecule has 0 saturated carbocycles. The first-order valence-electron chi connectivity index (χ1n) is 10.7. The zero-order chi connectivity index (χ0) is 22.5. The Bertz CT molecular complexity index is 1010. The number of primary amides is 1. The van der Waals surface area contributed by atoms with Crippen LogP contribution in [-0.2, 0) is 16.0 Å². The normalized spacial score (nSPS) is 16.4. The van der Waals surface area contributed by atoms with E-state index in [1.54, 1.807) is 18.2 Å². The number of anilines is 1. The van der Waals surface area contributed by atoms with Crippen LogP contribution in [-0.4, -0.2) is 43.1 Å². The van der Waals surface area contributed by atoms with Gasteiger partial charge in [0.2, 0.25) is 18.6 Å². The van der Waals surface area contributed by atoms with E-state index in [0.29, 0.717) is 16.5 Å². The molecule has 2 amide bonds. The molecule has 0 bridgehead atoms. The van der Waals surface area contributed by atoms with E-state index in [9.17, 15) is 9.59 Å². The lowest BCUT2D eigenvalue weighted by Crippen LogP contribution is -2.39. The van der Waals surface area contributed by atoms with Crippen LogP contribution in [0.2, 0.25) is 5.02 Å². The van der Waals surface area contributed by atoms with Gasteiger partial charge in [-0.15, -0.1) is 0 Å². The number of piperidine rings is 1. The molecule has 168 valence electrons. The van der Waals surface area contributed by atoms with Crippen molar-refractivity contribution in [2.75, 3.05) is 31.7 Å². The Kier molecular flexibility index (Phi) is 6.97. The summed E-state index contributed by atoms with van der Waals surface area (Å²) in [7, 11) is 0. The molecule has 4 rings (SSSR count). The van der Waals surface area contributed by atoms with Gasteiger partial charge in [-0.25, -0.2) is 0 Å². The van der Waals surface area contributed by atoms with Crippen LogP contribution >= 0.6 is 11.6 Å². The lowest BCUT2D eigenvalue weighted by Gasteiger charge is -2.30. The number of carbonyl (C=O) groups excluding carboxylic acids is 2. The summed E-state index contributed by atoms with van der Waals surface area (Å²) in [5.74, 6) is 0.708. The molecule has 2 aliphatic rings. The molecular formula is C24H26ClN3O4. The summed E-state index contributed by atoms with van der Waals surface area (Å²) in [6.07, 6.45) is 5.73. The molecule has 3 N–H and O–H groups in total. The van der Waals surface area contributed by atoms with E-state index in [-0.39, 0.29) is 24.5 Å². The van der Waals surface area contributed by atoms with Gasteiger partial charge in [0.1, 0.15) is 0 Å². The number of hydrogen-bond acceptors (Lipinski definition) is 5. The lowest BCUT2D eigenvalue weighted by molar-refractivity contribution is -0.123. The third kappa shape index (κ3) is 5.60. The summed E-state index contributed by atoms with van der Waals surface area (Å²) in [6, 6.07) is 11.4. The van der Waals surface area contributed by atoms with Gasteiger partial charge in [0, 0.05) is 24.2 Å². The monoisotopic (exact) mass is 455 g/mol. The highest BCUT2D eigenvalue weighted by atomic mass is 35.5. The number of nitrogens with zero attached hydrogens (tertiary/aromatic N) is 1. The van der Waals surface area contributed by atoms with Crippen LogP contribution in [0.15, 0.2) is 42.5 Å². The van der Waals surface area contributed by atoms with Crippen LogP contribution in [0.3, 0.4) is 0 Å². The van der Waals surface area contributed by atoms with E-state index in [0.717, 1.165) is 50.1 Å². The molecule has 0 radical (unpaired) electrons. The van der Waals surface area contributed by atoms with E-state index >= 15 is 0 Å². The fourth-order valence-electron chi connectivity index (χ4n) is 3.92. The van der Waals surface area contributed by atoms with E-state index in [1.807, 2.05) is 24.3 Å². The maximum Gasteiger partial charge on any atom is 0.248 e. The minimum absolute atomic E-state index is 0.0187. The Labute approximate surface area is 192 Å². The van der Waals surface area contributed by atoms with E-state index < -0.39 is 0 Å². The quantitative estimate of drug-likeness (QED) is 0.623. The molecule has 2 aliphatic heterocycles. The molecule has 0 aromatic heterocycles. The molecule has 1 fully saturated rings. The van der Waals surface area contributed by atoms with E-state index in [4.69, 9.17) is 26.8 Å². The Hall–Kier alpha value is -3.03. The second-order valence-corrected chi connectivity index (χ2v) is 8.43. The fourth-order valence-corrected chi connectivity index (χ4v) is 4.20. The number of halogens is 1. The lowest BCUT2D eigenvalue weighted by atomic mass is 9.96. The minimum Gasteiger partial charge on any atom is -0.454 e. The number of benzene rings is 2.